The van der Waals surface area contributed by atoms with Crippen molar-refractivity contribution in [2.75, 3.05) is 46.1 Å². The van der Waals surface area contributed by atoms with Gasteiger partial charge in [-0.3, -0.25) is 14.6 Å². The van der Waals surface area contributed by atoms with Crippen molar-refractivity contribution in [3.63, 3.8) is 0 Å². The lowest BCUT2D eigenvalue weighted by atomic mass is 10.0. The largest absolute Gasteiger partial charge is 0.478 e. The number of ketones is 1. The van der Waals surface area contributed by atoms with E-state index in [1.54, 1.807) is 18.2 Å². The van der Waals surface area contributed by atoms with Crippen LogP contribution in [0.15, 0.2) is 36.1 Å². The lowest BCUT2D eigenvalue weighted by Crippen LogP contribution is -2.43. The number of carbonyl (C=O) groups is 1. The van der Waals surface area contributed by atoms with Crippen LogP contribution in [0.1, 0.15) is 21.5 Å². The summed E-state index contributed by atoms with van der Waals surface area (Å²) < 4.78 is 31.4. The van der Waals surface area contributed by atoms with Crippen LogP contribution in [0.5, 0.6) is 11.5 Å². The van der Waals surface area contributed by atoms with Gasteiger partial charge in [-0.1, -0.05) is 17.7 Å². The van der Waals surface area contributed by atoms with Gasteiger partial charge >= 0.3 is 0 Å². The first-order chi connectivity index (χ1) is 15.1. The van der Waals surface area contributed by atoms with E-state index in [1.807, 2.05) is 0 Å². The Morgan fingerprint density at radius 3 is 2.71 bits per heavy atom. The number of morpholine rings is 1. The summed E-state index contributed by atoms with van der Waals surface area (Å²) >= 11 is 6.11. The fourth-order valence-corrected chi connectivity index (χ4v) is 4.25. The molecule has 3 heterocycles. The van der Waals surface area contributed by atoms with Crippen molar-refractivity contribution in [1.29, 1.82) is 0 Å². The molecule has 3 aliphatic heterocycles. The maximum absolute atomic E-state index is 14.2. The molecule has 0 aromatic heterocycles. The molecule has 0 saturated carbocycles. The fourth-order valence-electron chi connectivity index (χ4n) is 4.04. The highest BCUT2D eigenvalue weighted by Crippen LogP contribution is 2.42. The maximum atomic E-state index is 14.2. The average molecular weight is 445 g/mol. The van der Waals surface area contributed by atoms with Gasteiger partial charge in [0.15, 0.2) is 5.76 Å². The molecule has 0 spiro atoms. The lowest BCUT2D eigenvalue weighted by Gasteiger charge is -2.33. The smallest absolute Gasteiger partial charge is 0.231 e. The molecule has 0 radical (unpaired) electrons. The number of ether oxygens (including phenoxy) is 3. The van der Waals surface area contributed by atoms with E-state index >= 15 is 0 Å². The Hall–Kier alpha value is -2.45. The summed E-state index contributed by atoms with van der Waals surface area (Å²) in [4.78, 5) is 17.4. The quantitative estimate of drug-likeness (QED) is 0.672. The second-order valence-corrected chi connectivity index (χ2v) is 8.18. The third-order valence-corrected chi connectivity index (χ3v) is 6.12. The van der Waals surface area contributed by atoms with Gasteiger partial charge in [0.1, 0.15) is 24.0 Å². The lowest BCUT2D eigenvalue weighted by molar-refractivity contribution is 0.0239. The number of Topliss-reactive ketones (excluding diaryl/α,β-unsaturated/α-hetero) is 1. The minimum absolute atomic E-state index is 0.0563. The molecule has 8 heteroatoms. The molecule has 3 aliphatic rings. The van der Waals surface area contributed by atoms with Crippen LogP contribution in [-0.2, 0) is 11.3 Å². The van der Waals surface area contributed by atoms with Crippen LogP contribution in [0.25, 0.3) is 6.08 Å². The third-order valence-electron chi connectivity index (χ3n) is 5.79. The van der Waals surface area contributed by atoms with Gasteiger partial charge in [-0.25, -0.2) is 4.39 Å². The summed E-state index contributed by atoms with van der Waals surface area (Å²) in [7, 11) is 0. The van der Waals surface area contributed by atoms with Crippen LogP contribution >= 0.6 is 11.6 Å². The molecule has 5 rings (SSSR count). The SMILES string of the molecule is O=C1/C(=C/c2c(F)cccc2Cl)Oc2c1ccc1c2CN(CCN2CCOCC2)CO1. The monoisotopic (exact) mass is 444 g/mol. The second-order valence-electron chi connectivity index (χ2n) is 7.77. The zero-order valence-electron chi connectivity index (χ0n) is 16.9. The number of hydrogen-bond donors (Lipinski definition) is 0. The Bertz CT molecular complexity index is 1030. The molecule has 0 atom stereocenters. The van der Waals surface area contributed by atoms with E-state index in [-0.39, 0.29) is 22.1 Å². The summed E-state index contributed by atoms with van der Waals surface area (Å²) in [6, 6.07) is 7.89. The first-order valence-corrected chi connectivity index (χ1v) is 10.7. The zero-order chi connectivity index (χ0) is 21.4. The predicted molar refractivity (Wildman–Crippen MR) is 114 cm³/mol. The maximum Gasteiger partial charge on any atom is 0.231 e. The predicted octanol–water partition coefficient (Wildman–Crippen LogP) is 3.58. The van der Waals surface area contributed by atoms with Crippen LogP contribution in [-0.4, -0.2) is 61.7 Å². The summed E-state index contributed by atoms with van der Waals surface area (Å²) in [6.07, 6.45) is 1.37. The topological polar surface area (TPSA) is 51.2 Å². The van der Waals surface area contributed by atoms with Crippen molar-refractivity contribution in [2.24, 2.45) is 0 Å². The molecule has 0 aliphatic carbocycles. The Kier molecular flexibility index (Phi) is 5.67. The molecular formula is C23H22ClFN2O4. The number of hydrogen-bond acceptors (Lipinski definition) is 6. The summed E-state index contributed by atoms with van der Waals surface area (Å²) in [5, 5.41) is 0.222. The van der Waals surface area contributed by atoms with E-state index < -0.39 is 5.82 Å². The van der Waals surface area contributed by atoms with Crippen molar-refractivity contribution in [3.05, 3.63) is 63.6 Å². The standard InChI is InChI=1S/C23H22ClFN2O4/c24-18-2-1-3-19(25)16(18)12-21-22(28)15-4-5-20-17(23(15)31-21)13-27(14-30-20)7-6-26-8-10-29-11-9-26/h1-5,12H,6-11,13-14H2/b21-12-. The highest BCUT2D eigenvalue weighted by Gasteiger charge is 2.34. The second kappa shape index (κ2) is 8.59. The Morgan fingerprint density at radius 1 is 1.10 bits per heavy atom. The molecule has 2 aromatic rings. The van der Waals surface area contributed by atoms with Gasteiger partial charge in [0.2, 0.25) is 5.78 Å². The highest BCUT2D eigenvalue weighted by molar-refractivity contribution is 6.32. The molecule has 1 fully saturated rings. The Balaban J connectivity index is 1.36. The zero-order valence-corrected chi connectivity index (χ0v) is 17.7. The number of allylic oxidation sites excluding steroid dienone is 1. The van der Waals surface area contributed by atoms with Crippen molar-refractivity contribution >= 4 is 23.5 Å². The van der Waals surface area contributed by atoms with E-state index in [0.717, 1.165) is 45.0 Å². The van der Waals surface area contributed by atoms with E-state index in [9.17, 15) is 9.18 Å². The van der Waals surface area contributed by atoms with Crippen molar-refractivity contribution in [3.8, 4) is 11.5 Å². The first kappa shape index (κ1) is 20.5. The average Bonchev–Trinajstić information content (AvgIpc) is 3.11. The molecule has 31 heavy (non-hydrogen) atoms. The Morgan fingerprint density at radius 2 is 1.90 bits per heavy atom. The van der Waals surface area contributed by atoms with E-state index in [0.29, 0.717) is 30.3 Å². The molecular weight excluding hydrogens is 423 g/mol. The van der Waals surface area contributed by atoms with Gasteiger partial charge in [0, 0.05) is 38.3 Å². The molecule has 6 nitrogen and oxygen atoms in total. The highest BCUT2D eigenvalue weighted by atomic mass is 35.5. The molecule has 0 amide bonds. The van der Waals surface area contributed by atoms with E-state index in [2.05, 4.69) is 9.80 Å². The van der Waals surface area contributed by atoms with Crippen LogP contribution in [0.3, 0.4) is 0 Å². The number of rotatable bonds is 4. The van der Waals surface area contributed by atoms with Crippen molar-refractivity contribution in [1.82, 2.24) is 9.80 Å². The van der Waals surface area contributed by atoms with Crippen molar-refractivity contribution in [2.45, 2.75) is 6.54 Å². The van der Waals surface area contributed by atoms with Gasteiger partial charge < -0.3 is 14.2 Å². The number of halogens is 2. The van der Waals surface area contributed by atoms with E-state index in [4.69, 9.17) is 25.8 Å². The normalized spacial score (nSPS) is 20.3. The van der Waals surface area contributed by atoms with Gasteiger partial charge in [-0.15, -0.1) is 0 Å². The molecule has 1 saturated heterocycles. The summed E-state index contributed by atoms with van der Waals surface area (Å²) in [5.41, 5.74) is 1.43. The third kappa shape index (κ3) is 4.06. The summed E-state index contributed by atoms with van der Waals surface area (Å²) in [6.45, 7) is 6.27. The van der Waals surface area contributed by atoms with Gasteiger partial charge in [-0.05, 0) is 30.3 Å². The minimum atomic E-state index is -0.507. The number of benzene rings is 2. The van der Waals surface area contributed by atoms with Crippen LogP contribution in [0.4, 0.5) is 4.39 Å². The van der Waals surface area contributed by atoms with Crippen LogP contribution in [0.2, 0.25) is 5.02 Å². The number of fused-ring (bicyclic) bond motifs is 3. The van der Waals surface area contributed by atoms with Gasteiger partial charge in [-0.2, -0.15) is 0 Å². The molecule has 0 N–H and O–H groups in total. The summed E-state index contributed by atoms with van der Waals surface area (Å²) in [5.74, 6) is 0.451. The molecule has 0 bridgehead atoms. The van der Waals surface area contributed by atoms with E-state index in [1.165, 1.54) is 18.2 Å². The molecule has 2 aromatic carbocycles. The first-order valence-electron chi connectivity index (χ1n) is 10.3. The van der Waals surface area contributed by atoms with Gasteiger partial charge in [0.25, 0.3) is 0 Å². The van der Waals surface area contributed by atoms with Crippen LogP contribution in [0, 0.1) is 5.82 Å². The van der Waals surface area contributed by atoms with Crippen molar-refractivity contribution < 1.29 is 23.4 Å². The van der Waals surface area contributed by atoms with Gasteiger partial charge in [0.05, 0.1) is 29.4 Å². The molecule has 162 valence electrons. The number of carbonyl (C=O) groups excluding carboxylic acids is 1. The van der Waals surface area contributed by atoms with Crippen LogP contribution < -0.4 is 9.47 Å². The molecule has 0 unspecified atom stereocenters. The minimum Gasteiger partial charge on any atom is -0.478 e. The number of nitrogens with zero attached hydrogens (tertiary/aromatic N) is 2. The Labute approximate surface area is 184 Å². The fraction of sp³-hybridized carbons (Fsp3) is 0.348.